The van der Waals surface area contributed by atoms with Crippen LogP contribution in [-0.2, 0) is 28.6 Å². The minimum absolute atomic E-state index is 0.0811. The Kier molecular flexibility index (Phi) is 67.6. The number of hydrogen-bond acceptors (Lipinski definition) is 6. The van der Waals surface area contributed by atoms with Gasteiger partial charge >= 0.3 is 17.9 Å². The molecule has 0 aliphatic heterocycles. The summed E-state index contributed by atoms with van der Waals surface area (Å²) in [6.45, 7) is 6.57. The molecule has 82 heavy (non-hydrogen) atoms. The second-order valence-corrected chi connectivity index (χ2v) is 24.1. The Balaban J connectivity index is 4.32. The van der Waals surface area contributed by atoms with E-state index < -0.39 is 6.10 Å². The number of hydrogen-bond donors (Lipinski definition) is 0. The molecule has 0 saturated heterocycles. The molecule has 0 bridgehead atoms. The van der Waals surface area contributed by atoms with Crippen LogP contribution in [0.25, 0.3) is 0 Å². The van der Waals surface area contributed by atoms with Gasteiger partial charge in [0.05, 0.1) is 0 Å². The average molecular weight is 1150 g/mol. The van der Waals surface area contributed by atoms with Gasteiger partial charge in [0.25, 0.3) is 0 Å². The van der Waals surface area contributed by atoms with Gasteiger partial charge in [-0.25, -0.2) is 0 Å². The molecule has 0 amide bonds. The van der Waals surface area contributed by atoms with Crippen molar-refractivity contribution >= 4 is 17.9 Å². The molecule has 6 heteroatoms. The maximum absolute atomic E-state index is 13.0. The standard InChI is InChI=1S/C76H136O6/c1-4-7-10-13-16-19-22-25-28-30-32-34-36-37-38-40-41-43-45-48-51-54-57-60-63-66-69-75(78)81-72-73(71-80-74(77)68-65-62-59-56-53-50-47-27-24-21-18-15-12-9-6-3)82-76(79)70-67-64-61-58-55-52-49-46-44-42-39-35-33-31-29-26-23-20-17-14-11-8-5-2/h8,11,17,20,26,29,33,35,42,44,49,52,73H,4-7,9-10,12-16,18-19,21-25,27-28,30-32,34,36-41,43,45-48,50-51,53-72H2,1-3H3/b11-8-,20-17-,29-26-,35-33-,44-42-,52-49-. The summed E-state index contributed by atoms with van der Waals surface area (Å²) in [4.78, 5) is 38.5. The van der Waals surface area contributed by atoms with Crippen molar-refractivity contribution in [1.82, 2.24) is 0 Å². The first-order valence-corrected chi connectivity index (χ1v) is 35.9. The highest BCUT2D eigenvalue weighted by Gasteiger charge is 2.19. The third kappa shape index (κ3) is 67.6. The fourth-order valence-corrected chi connectivity index (χ4v) is 10.6. The van der Waals surface area contributed by atoms with Gasteiger partial charge in [-0.1, -0.05) is 357 Å². The van der Waals surface area contributed by atoms with Gasteiger partial charge < -0.3 is 14.2 Å². The largest absolute Gasteiger partial charge is 0.462 e. The molecule has 476 valence electrons. The first-order chi connectivity index (χ1) is 40.5. The van der Waals surface area contributed by atoms with E-state index in [1.54, 1.807) is 0 Å². The van der Waals surface area contributed by atoms with E-state index in [2.05, 4.69) is 93.7 Å². The van der Waals surface area contributed by atoms with Gasteiger partial charge in [-0.05, 0) is 70.6 Å². The Morgan fingerprint density at radius 2 is 0.476 bits per heavy atom. The van der Waals surface area contributed by atoms with Crippen LogP contribution in [0.2, 0.25) is 0 Å². The predicted octanol–water partition coefficient (Wildman–Crippen LogP) is 24.8. The quantitative estimate of drug-likeness (QED) is 0.0261. The zero-order valence-electron chi connectivity index (χ0n) is 54.8. The molecule has 6 nitrogen and oxygen atoms in total. The fraction of sp³-hybridized carbons (Fsp3) is 0.803. The Labute approximate surface area is 510 Å². The minimum Gasteiger partial charge on any atom is -0.462 e. The molecule has 0 aromatic rings. The van der Waals surface area contributed by atoms with E-state index >= 15 is 0 Å². The van der Waals surface area contributed by atoms with E-state index in [-0.39, 0.29) is 31.1 Å². The Bertz CT molecular complexity index is 1500. The van der Waals surface area contributed by atoms with Crippen LogP contribution < -0.4 is 0 Å². The van der Waals surface area contributed by atoms with Crippen molar-refractivity contribution in [2.24, 2.45) is 0 Å². The van der Waals surface area contributed by atoms with E-state index in [0.29, 0.717) is 19.3 Å². The highest BCUT2D eigenvalue weighted by molar-refractivity contribution is 5.71. The topological polar surface area (TPSA) is 78.9 Å². The van der Waals surface area contributed by atoms with Crippen molar-refractivity contribution in [2.75, 3.05) is 13.2 Å². The maximum Gasteiger partial charge on any atom is 0.306 e. The van der Waals surface area contributed by atoms with Gasteiger partial charge in [0.15, 0.2) is 6.10 Å². The number of unbranched alkanes of at least 4 members (excludes halogenated alkanes) is 43. The molecule has 0 aromatic heterocycles. The summed E-state index contributed by atoms with van der Waals surface area (Å²) < 4.78 is 17.0. The normalized spacial score (nSPS) is 12.5. The molecule has 1 unspecified atom stereocenters. The average Bonchev–Trinajstić information content (AvgIpc) is 3.47. The second-order valence-electron chi connectivity index (χ2n) is 24.1. The summed E-state index contributed by atoms with van der Waals surface area (Å²) in [5.74, 6) is -0.882. The van der Waals surface area contributed by atoms with Crippen LogP contribution in [0.15, 0.2) is 72.9 Å². The summed E-state index contributed by atoms with van der Waals surface area (Å²) >= 11 is 0. The summed E-state index contributed by atoms with van der Waals surface area (Å²) in [6, 6.07) is 0. The van der Waals surface area contributed by atoms with Gasteiger partial charge in [-0.15, -0.1) is 0 Å². The molecule has 0 heterocycles. The maximum atomic E-state index is 13.0. The van der Waals surface area contributed by atoms with Crippen molar-refractivity contribution in [2.45, 2.75) is 380 Å². The minimum atomic E-state index is -0.788. The van der Waals surface area contributed by atoms with E-state index in [1.165, 1.54) is 225 Å². The lowest BCUT2D eigenvalue weighted by atomic mass is 10.0. The number of rotatable bonds is 66. The zero-order chi connectivity index (χ0) is 59.2. The number of carbonyl (C=O) groups is 3. The number of ether oxygens (including phenoxy) is 3. The molecule has 0 aromatic carbocycles. The molecule has 0 aliphatic rings. The van der Waals surface area contributed by atoms with E-state index in [4.69, 9.17) is 14.2 Å². The predicted molar refractivity (Wildman–Crippen MR) is 358 cm³/mol. The molecule has 0 saturated carbocycles. The van der Waals surface area contributed by atoms with Crippen molar-refractivity contribution in [3.8, 4) is 0 Å². The monoisotopic (exact) mass is 1150 g/mol. The Hall–Kier alpha value is -3.15. The molecule has 0 rings (SSSR count). The lowest BCUT2D eigenvalue weighted by Crippen LogP contribution is -2.30. The van der Waals surface area contributed by atoms with Crippen molar-refractivity contribution < 1.29 is 28.6 Å². The SMILES string of the molecule is CC/C=C\C/C=C\C/C=C\C/C=C\C/C=C\C/C=C\CCCCCCC(=O)OC(COC(=O)CCCCCCCCCCCCCCCCC)COC(=O)CCCCCCCCCCCCCCCCCCCCCCCCCCCC. The third-order valence-electron chi connectivity index (χ3n) is 16.0. The first-order valence-electron chi connectivity index (χ1n) is 35.9. The third-order valence-corrected chi connectivity index (χ3v) is 16.0. The lowest BCUT2D eigenvalue weighted by Gasteiger charge is -2.18. The highest BCUT2D eigenvalue weighted by atomic mass is 16.6. The number of carbonyl (C=O) groups excluding carboxylic acids is 3. The Morgan fingerprint density at radius 1 is 0.256 bits per heavy atom. The fourth-order valence-electron chi connectivity index (χ4n) is 10.6. The van der Waals surface area contributed by atoms with Crippen LogP contribution in [0.1, 0.15) is 374 Å². The van der Waals surface area contributed by atoms with Crippen LogP contribution >= 0.6 is 0 Å². The first kappa shape index (κ1) is 78.8. The van der Waals surface area contributed by atoms with E-state index in [9.17, 15) is 14.4 Å². The van der Waals surface area contributed by atoms with Gasteiger partial charge in [0.2, 0.25) is 0 Å². The number of allylic oxidation sites excluding steroid dienone is 12. The molecular weight excluding hydrogens is 1010 g/mol. The summed E-state index contributed by atoms with van der Waals surface area (Å²) in [7, 11) is 0. The van der Waals surface area contributed by atoms with Gasteiger partial charge in [-0.3, -0.25) is 14.4 Å². The van der Waals surface area contributed by atoms with Crippen LogP contribution in [0.4, 0.5) is 0 Å². The molecule has 0 aliphatic carbocycles. The smallest absolute Gasteiger partial charge is 0.306 e. The summed E-state index contributed by atoms with van der Waals surface area (Å²) in [5, 5.41) is 0. The molecule has 0 radical (unpaired) electrons. The van der Waals surface area contributed by atoms with E-state index in [0.717, 1.165) is 109 Å². The van der Waals surface area contributed by atoms with Crippen LogP contribution in [0.3, 0.4) is 0 Å². The number of esters is 3. The van der Waals surface area contributed by atoms with Crippen LogP contribution in [0.5, 0.6) is 0 Å². The summed E-state index contributed by atoms with van der Waals surface area (Å²) in [5.41, 5.74) is 0. The zero-order valence-corrected chi connectivity index (χ0v) is 54.8. The Morgan fingerprint density at radius 3 is 0.744 bits per heavy atom. The van der Waals surface area contributed by atoms with Gasteiger partial charge in [0, 0.05) is 19.3 Å². The van der Waals surface area contributed by atoms with Crippen LogP contribution in [0, 0.1) is 0 Å². The highest BCUT2D eigenvalue weighted by Crippen LogP contribution is 2.18. The van der Waals surface area contributed by atoms with Crippen LogP contribution in [-0.4, -0.2) is 37.2 Å². The lowest BCUT2D eigenvalue weighted by molar-refractivity contribution is -0.167. The van der Waals surface area contributed by atoms with Crippen molar-refractivity contribution in [1.29, 1.82) is 0 Å². The van der Waals surface area contributed by atoms with Gasteiger partial charge in [-0.2, -0.15) is 0 Å². The second kappa shape index (κ2) is 70.3. The van der Waals surface area contributed by atoms with Crippen molar-refractivity contribution in [3.63, 3.8) is 0 Å². The summed E-state index contributed by atoms with van der Waals surface area (Å²) in [6.07, 6.45) is 92.2. The molecule has 0 spiro atoms. The molecule has 1 atom stereocenters. The molecular formula is C76H136O6. The molecule has 0 fully saturated rings. The van der Waals surface area contributed by atoms with Crippen molar-refractivity contribution in [3.05, 3.63) is 72.9 Å². The van der Waals surface area contributed by atoms with E-state index in [1.807, 2.05) is 0 Å². The molecule has 0 N–H and O–H groups in total. The van der Waals surface area contributed by atoms with Gasteiger partial charge in [0.1, 0.15) is 13.2 Å².